The minimum Gasteiger partial charge on any atom is -0.367 e. The number of nitrogens with zero attached hydrogens (tertiary/aromatic N) is 6. The zero-order valence-corrected chi connectivity index (χ0v) is 15.7. The van der Waals surface area contributed by atoms with Gasteiger partial charge in [0.2, 0.25) is 0 Å². The Balaban J connectivity index is 1.48. The fourth-order valence-electron chi connectivity index (χ4n) is 3.32. The van der Waals surface area contributed by atoms with Gasteiger partial charge in [0.25, 0.3) is 0 Å². The van der Waals surface area contributed by atoms with Gasteiger partial charge in [0.15, 0.2) is 5.69 Å². The second-order valence-corrected chi connectivity index (χ2v) is 7.18. The molecule has 9 heteroatoms. The highest BCUT2D eigenvalue weighted by molar-refractivity contribution is 5.54. The average molecular weight is 390 g/mol. The summed E-state index contributed by atoms with van der Waals surface area (Å²) in [5.41, 5.74) is 0.292. The van der Waals surface area contributed by atoms with Gasteiger partial charge in [-0.15, -0.1) is 0 Å². The monoisotopic (exact) mass is 390 g/mol. The van der Waals surface area contributed by atoms with Gasteiger partial charge < -0.3 is 14.2 Å². The largest absolute Gasteiger partial charge is 0.434 e. The molecule has 0 spiro atoms. The Bertz CT molecular complexity index is 973. The van der Waals surface area contributed by atoms with Gasteiger partial charge >= 0.3 is 6.18 Å². The van der Waals surface area contributed by atoms with Crippen molar-refractivity contribution >= 4 is 17.2 Å². The topological polar surface area (TPSA) is 49.6 Å². The van der Waals surface area contributed by atoms with E-state index in [-0.39, 0.29) is 11.6 Å². The Kier molecular flexibility index (Phi) is 4.60. The van der Waals surface area contributed by atoms with E-state index in [0.717, 1.165) is 49.7 Å². The number of piperazine rings is 1. The molecular formula is C19H21F3N6. The summed E-state index contributed by atoms with van der Waals surface area (Å²) in [5.74, 6) is 2.01. The molecule has 1 saturated heterocycles. The van der Waals surface area contributed by atoms with Gasteiger partial charge in [0, 0.05) is 50.7 Å². The van der Waals surface area contributed by atoms with Crippen LogP contribution in [-0.4, -0.2) is 45.5 Å². The molecule has 148 valence electrons. The smallest absolute Gasteiger partial charge is 0.367 e. The zero-order valence-electron chi connectivity index (χ0n) is 15.7. The maximum atomic E-state index is 12.9. The number of anilines is 2. The van der Waals surface area contributed by atoms with Crippen molar-refractivity contribution in [3.63, 3.8) is 0 Å². The van der Waals surface area contributed by atoms with E-state index in [1.807, 2.05) is 12.1 Å². The van der Waals surface area contributed by atoms with Crippen molar-refractivity contribution in [1.29, 1.82) is 0 Å². The predicted octanol–water partition coefficient (Wildman–Crippen LogP) is 3.59. The van der Waals surface area contributed by atoms with E-state index < -0.39 is 11.9 Å². The number of imidazole rings is 1. The van der Waals surface area contributed by atoms with Crippen molar-refractivity contribution in [2.45, 2.75) is 25.9 Å². The standard InChI is InChI=1S/C19H21F3N6/c1-13(2)18-23-6-5-17(25-18)27-9-7-26(8-10-27)14-3-4-16-24-15(19(20,21)22)12-28(16)11-14/h3-6,11-13H,7-10H2,1-2H3. The Labute approximate surface area is 160 Å². The third-order valence-electron chi connectivity index (χ3n) is 4.87. The van der Waals surface area contributed by atoms with Gasteiger partial charge in [-0.3, -0.25) is 0 Å². The quantitative estimate of drug-likeness (QED) is 0.684. The van der Waals surface area contributed by atoms with Gasteiger partial charge in [0.05, 0.1) is 5.69 Å². The summed E-state index contributed by atoms with van der Waals surface area (Å²) >= 11 is 0. The van der Waals surface area contributed by atoms with Crippen molar-refractivity contribution in [2.75, 3.05) is 36.0 Å². The molecule has 1 aliphatic rings. The molecule has 0 N–H and O–H groups in total. The van der Waals surface area contributed by atoms with E-state index in [4.69, 9.17) is 0 Å². The summed E-state index contributed by atoms with van der Waals surface area (Å²) in [7, 11) is 0. The molecule has 0 saturated carbocycles. The van der Waals surface area contributed by atoms with Gasteiger partial charge in [0.1, 0.15) is 17.3 Å². The van der Waals surface area contributed by atoms with Gasteiger partial charge in [-0.25, -0.2) is 15.0 Å². The number of hydrogen-bond acceptors (Lipinski definition) is 5. The lowest BCUT2D eigenvalue weighted by Crippen LogP contribution is -2.47. The number of hydrogen-bond donors (Lipinski definition) is 0. The lowest BCUT2D eigenvalue weighted by atomic mass is 10.2. The molecule has 3 aromatic rings. The molecule has 0 bridgehead atoms. The van der Waals surface area contributed by atoms with Crippen LogP contribution in [0.3, 0.4) is 0 Å². The molecule has 28 heavy (non-hydrogen) atoms. The molecular weight excluding hydrogens is 369 g/mol. The number of aromatic nitrogens is 4. The maximum Gasteiger partial charge on any atom is 0.434 e. The van der Waals surface area contributed by atoms with Crippen molar-refractivity contribution in [1.82, 2.24) is 19.4 Å². The molecule has 0 unspecified atom stereocenters. The molecule has 4 rings (SSSR count). The van der Waals surface area contributed by atoms with E-state index in [1.54, 1.807) is 18.5 Å². The first-order valence-electron chi connectivity index (χ1n) is 9.20. The van der Waals surface area contributed by atoms with E-state index in [0.29, 0.717) is 0 Å². The Morgan fingerprint density at radius 1 is 0.929 bits per heavy atom. The second-order valence-electron chi connectivity index (χ2n) is 7.18. The first-order chi connectivity index (χ1) is 13.3. The van der Waals surface area contributed by atoms with Gasteiger partial charge in [-0.05, 0) is 18.2 Å². The summed E-state index contributed by atoms with van der Waals surface area (Å²) in [5, 5.41) is 0. The molecule has 4 heterocycles. The third-order valence-corrected chi connectivity index (χ3v) is 4.87. The van der Waals surface area contributed by atoms with Crippen LogP contribution >= 0.6 is 0 Å². The van der Waals surface area contributed by atoms with Crippen molar-refractivity contribution in [3.05, 3.63) is 48.3 Å². The summed E-state index contributed by atoms with van der Waals surface area (Å²) in [6.07, 6.45) is 0.0810. The first-order valence-corrected chi connectivity index (χ1v) is 9.20. The summed E-state index contributed by atoms with van der Waals surface area (Å²) in [6, 6.07) is 5.35. The fraction of sp³-hybridized carbons (Fsp3) is 0.421. The molecule has 0 aliphatic carbocycles. The highest BCUT2D eigenvalue weighted by atomic mass is 19.4. The van der Waals surface area contributed by atoms with Crippen LogP contribution in [0.2, 0.25) is 0 Å². The Morgan fingerprint density at radius 3 is 2.32 bits per heavy atom. The summed E-state index contributed by atoms with van der Waals surface area (Å²) in [6.45, 7) is 7.20. The second kappa shape index (κ2) is 6.96. The SMILES string of the molecule is CC(C)c1nccc(N2CCN(c3ccc4nc(C(F)(F)F)cn4c3)CC2)n1. The van der Waals surface area contributed by atoms with E-state index >= 15 is 0 Å². The van der Waals surface area contributed by atoms with Crippen LogP contribution in [0.5, 0.6) is 0 Å². The van der Waals surface area contributed by atoms with Crippen LogP contribution in [-0.2, 0) is 6.18 Å². The summed E-state index contributed by atoms with van der Waals surface area (Å²) in [4.78, 5) is 17.0. The third kappa shape index (κ3) is 3.61. The predicted molar refractivity (Wildman–Crippen MR) is 101 cm³/mol. The molecule has 0 amide bonds. The highest BCUT2D eigenvalue weighted by Gasteiger charge is 2.34. The van der Waals surface area contributed by atoms with Crippen molar-refractivity contribution < 1.29 is 13.2 Å². The van der Waals surface area contributed by atoms with E-state index in [9.17, 15) is 13.2 Å². The van der Waals surface area contributed by atoms with E-state index in [2.05, 4.69) is 38.6 Å². The fourth-order valence-corrected chi connectivity index (χ4v) is 3.32. The molecule has 0 aromatic carbocycles. The lowest BCUT2D eigenvalue weighted by Gasteiger charge is -2.36. The first kappa shape index (κ1) is 18.5. The van der Waals surface area contributed by atoms with Crippen LogP contribution in [0.1, 0.15) is 31.3 Å². The molecule has 6 nitrogen and oxygen atoms in total. The van der Waals surface area contributed by atoms with Crippen LogP contribution in [0.15, 0.2) is 36.8 Å². The van der Waals surface area contributed by atoms with Crippen molar-refractivity contribution in [3.8, 4) is 0 Å². The van der Waals surface area contributed by atoms with Crippen LogP contribution < -0.4 is 9.80 Å². The van der Waals surface area contributed by atoms with Crippen LogP contribution in [0.25, 0.3) is 5.65 Å². The zero-order chi connectivity index (χ0) is 19.9. The Morgan fingerprint density at radius 2 is 1.64 bits per heavy atom. The molecule has 1 aliphatic heterocycles. The number of fused-ring (bicyclic) bond motifs is 1. The van der Waals surface area contributed by atoms with Crippen LogP contribution in [0, 0.1) is 0 Å². The molecule has 0 atom stereocenters. The molecule has 3 aromatic heterocycles. The maximum absolute atomic E-state index is 12.9. The minimum absolute atomic E-state index is 0.268. The molecule has 1 fully saturated rings. The number of halogens is 3. The minimum atomic E-state index is -4.44. The Hall–Kier alpha value is -2.84. The van der Waals surface area contributed by atoms with E-state index in [1.165, 1.54) is 4.40 Å². The molecule has 0 radical (unpaired) electrons. The summed E-state index contributed by atoms with van der Waals surface area (Å²) < 4.78 is 40.0. The number of rotatable bonds is 3. The van der Waals surface area contributed by atoms with Gasteiger partial charge in [-0.1, -0.05) is 13.8 Å². The number of pyridine rings is 1. The van der Waals surface area contributed by atoms with Crippen molar-refractivity contribution in [2.24, 2.45) is 0 Å². The lowest BCUT2D eigenvalue weighted by molar-refractivity contribution is -0.140. The average Bonchev–Trinajstić information content (AvgIpc) is 3.12. The van der Waals surface area contributed by atoms with Crippen LogP contribution in [0.4, 0.5) is 24.7 Å². The normalized spacial score (nSPS) is 15.6. The van der Waals surface area contributed by atoms with Gasteiger partial charge in [-0.2, -0.15) is 13.2 Å². The number of alkyl halides is 3. The highest BCUT2D eigenvalue weighted by Crippen LogP contribution is 2.29.